The molecular formula is C20H24N4O3. The summed E-state index contributed by atoms with van der Waals surface area (Å²) in [4.78, 5) is 21.3. The van der Waals surface area contributed by atoms with Crippen LogP contribution in [0.5, 0.6) is 0 Å². The van der Waals surface area contributed by atoms with Crippen LogP contribution in [0.15, 0.2) is 42.6 Å². The van der Waals surface area contributed by atoms with Gasteiger partial charge in [-0.1, -0.05) is 6.07 Å². The summed E-state index contributed by atoms with van der Waals surface area (Å²) in [6.45, 7) is 6.23. The minimum Gasteiger partial charge on any atom is -0.378 e. The van der Waals surface area contributed by atoms with E-state index in [1.54, 1.807) is 18.3 Å². The number of ether oxygens (including phenoxy) is 2. The molecule has 0 aliphatic carbocycles. The van der Waals surface area contributed by atoms with Gasteiger partial charge in [0.15, 0.2) is 0 Å². The molecule has 0 atom stereocenters. The Morgan fingerprint density at radius 2 is 1.63 bits per heavy atom. The number of morpholine rings is 2. The first-order chi connectivity index (χ1) is 13.3. The van der Waals surface area contributed by atoms with Gasteiger partial charge in [-0.25, -0.2) is 0 Å². The molecule has 27 heavy (non-hydrogen) atoms. The second-order valence-electron chi connectivity index (χ2n) is 6.57. The number of pyridine rings is 1. The fraction of sp³-hybridized carbons (Fsp3) is 0.400. The first-order valence-electron chi connectivity index (χ1n) is 9.33. The average molecular weight is 368 g/mol. The van der Waals surface area contributed by atoms with Crippen LogP contribution < -0.4 is 15.1 Å². The Hall–Kier alpha value is -2.64. The highest BCUT2D eigenvalue weighted by Gasteiger charge is 2.20. The lowest BCUT2D eigenvalue weighted by molar-refractivity contribution is 0.102. The molecule has 2 aliphatic heterocycles. The molecule has 7 heteroatoms. The van der Waals surface area contributed by atoms with Crippen molar-refractivity contribution in [1.82, 2.24) is 4.98 Å². The third-order valence-electron chi connectivity index (χ3n) is 4.86. The smallest absolute Gasteiger partial charge is 0.274 e. The van der Waals surface area contributed by atoms with E-state index in [1.807, 2.05) is 12.1 Å². The molecule has 0 bridgehead atoms. The Kier molecular flexibility index (Phi) is 5.50. The van der Waals surface area contributed by atoms with Gasteiger partial charge in [0.2, 0.25) is 0 Å². The normalized spacial score (nSPS) is 17.6. The van der Waals surface area contributed by atoms with Crippen LogP contribution in [0.25, 0.3) is 0 Å². The molecular weight excluding hydrogens is 344 g/mol. The van der Waals surface area contributed by atoms with E-state index in [-0.39, 0.29) is 5.91 Å². The molecule has 2 aromatic rings. The van der Waals surface area contributed by atoms with Gasteiger partial charge >= 0.3 is 0 Å². The van der Waals surface area contributed by atoms with E-state index < -0.39 is 0 Å². The summed E-state index contributed by atoms with van der Waals surface area (Å²) in [6, 6.07) is 11.5. The van der Waals surface area contributed by atoms with Crippen molar-refractivity contribution in [1.29, 1.82) is 0 Å². The Bertz CT molecular complexity index is 772. The summed E-state index contributed by atoms with van der Waals surface area (Å²) in [7, 11) is 0. The van der Waals surface area contributed by atoms with E-state index in [0.29, 0.717) is 18.9 Å². The monoisotopic (exact) mass is 368 g/mol. The summed E-state index contributed by atoms with van der Waals surface area (Å²) in [6.07, 6.45) is 1.62. The summed E-state index contributed by atoms with van der Waals surface area (Å²) < 4.78 is 11.0. The molecule has 3 heterocycles. The van der Waals surface area contributed by atoms with Crippen molar-refractivity contribution in [2.24, 2.45) is 0 Å². The van der Waals surface area contributed by atoms with Gasteiger partial charge in [-0.2, -0.15) is 0 Å². The van der Waals surface area contributed by atoms with Gasteiger partial charge < -0.3 is 24.6 Å². The van der Waals surface area contributed by atoms with Crippen LogP contribution in [0.3, 0.4) is 0 Å². The Balaban J connectivity index is 1.61. The highest BCUT2D eigenvalue weighted by molar-refractivity contribution is 6.05. The Morgan fingerprint density at radius 3 is 2.30 bits per heavy atom. The Morgan fingerprint density at radius 1 is 0.926 bits per heavy atom. The van der Waals surface area contributed by atoms with Crippen LogP contribution in [-0.2, 0) is 9.47 Å². The van der Waals surface area contributed by atoms with Gasteiger partial charge in [0.05, 0.1) is 37.8 Å². The standard InChI is InChI=1S/C20H24N4O3/c25-20(18-3-1-2-6-21-18)22-17-5-4-16(23-7-11-26-12-8-23)15-19(17)24-9-13-27-14-10-24/h1-6,15H,7-14H2,(H,22,25). The maximum Gasteiger partial charge on any atom is 0.274 e. The summed E-state index contributed by atoms with van der Waals surface area (Å²) in [5, 5.41) is 3.03. The molecule has 2 aliphatic rings. The molecule has 0 radical (unpaired) electrons. The maximum absolute atomic E-state index is 12.6. The zero-order valence-corrected chi connectivity index (χ0v) is 15.3. The Labute approximate surface area is 158 Å². The van der Waals surface area contributed by atoms with Gasteiger partial charge in [0.25, 0.3) is 5.91 Å². The molecule has 7 nitrogen and oxygen atoms in total. The second kappa shape index (κ2) is 8.37. The van der Waals surface area contributed by atoms with Gasteiger partial charge in [-0.3, -0.25) is 9.78 Å². The number of nitrogens with zero attached hydrogens (tertiary/aromatic N) is 3. The maximum atomic E-state index is 12.6. The highest BCUT2D eigenvalue weighted by atomic mass is 16.5. The van der Waals surface area contributed by atoms with Crippen LogP contribution in [0.1, 0.15) is 10.5 Å². The molecule has 0 saturated carbocycles. The summed E-state index contributed by atoms with van der Waals surface area (Å²) in [5.41, 5.74) is 3.37. The molecule has 1 aromatic carbocycles. The third kappa shape index (κ3) is 4.20. The van der Waals surface area contributed by atoms with Gasteiger partial charge in [0.1, 0.15) is 5.69 Å². The SMILES string of the molecule is O=C(Nc1ccc(N2CCOCC2)cc1N1CCOCC1)c1ccccn1. The largest absolute Gasteiger partial charge is 0.378 e. The van der Waals surface area contributed by atoms with Crippen molar-refractivity contribution in [2.45, 2.75) is 0 Å². The predicted octanol–water partition coefficient (Wildman–Crippen LogP) is 2.01. The number of carbonyl (C=O) groups is 1. The zero-order chi connectivity index (χ0) is 18.5. The second-order valence-corrected chi connectivity index (χ2v) is 6.57. The van der Waals surface area contributed by atoms with E-state index in [2.05, 4.69) is 32.2 Å². The first-order valence-corrected chi connectivity index (χ1v) is 9.33. The molecule has 1 aromatic heterocycles. The quantitative estimate of drug-likeness (QED) is 0.891. The van der Waals surface area contributed by atoms with Gasteiger partial charge in [-0.15, -0.1) is 0 Å². The fourth-order valence-electron chi connectivity index (χ4n) is 3.39. The topological polar surface area (TPSA) is 66.9 Å². The van der Waals surface area contributed by atoms with E-state index in [1.165, 1.54) is 0 Å². The van der Waals surface area contributed by atoms with Crippen LogP contribution >= 0.6 is 0 Å². The van der Waals surface area contributed by atoms with Crippen LogP contribution in [0.4, 0.5) is 17.1 Å². The summed E-state index contributed by atoms with van der Waals surface area (Å²) >= 11 is 0. The lowest BCUT2D eigenvalue weighted by Crippen LogP contribution is -2.38. The van der Waals surface area contributed by atoms with Crippen LogP contribution in [0.2, 0.25) is 0 Å². The molecule has 1 N–H and O–H groups in total. The average Bonchev–Trinajstić information content (AvgIpc) is 2.76. The van der Waals surface area contributed by atoms with E-state index in [9.17, 15) is 4.79 Å². The number of aromatic nitrogens is 1. The summed E-state index contributed by atoms with van der Waals surface area (Å²) in [5.74, 6) is -0.204. The van der Waals surface area contributed by atoms with Crippen molar-refractivity contribution in [3.05, 3.63) is 48.3 Å². The van der Waals surface area contributed by atoms with Gasteiger partial charge in [-0.05, 0) is 30.3 Å². The number of benzene rings is 1. The van der Waals surface area contributed by atoms with Crippen molar-refractivity contribution < 1.29 is 14.3 Å². The third-order valence-corrected chi connectivity index (χ3v) is 4.86. The van der Waals surface area contributed by atoms with Crippen LogP contribution in [0, 0.1) is 0 Å². The number of rotatable bonds is 4. The molecule has 0 unspecified atom stereocenters. The van der Waals surface area contributed by atoms with Gasteiger partial charge in [0, 0.05) is 38.1 Å². The van der Waals surface area contributed by atoms with Crippen LogP contribution in [-0.4, -0.2) is 63.5 Å². The van der Waals surface area contributed by atoms with E-state index in [0.717, 1.165) is 56.5 Å². The number of hydrogen-bond acceptors (Lipinski definition) is 6. The lowest BCUT2D eigenvalue weighted by atomic mass is 10.1. The lowest BCUT2D eigenvalue weighted by Gasteiger charge is -2.33. The van der Waals surface area contributed by atoms with E-state index in [4.69, 9.17) is 9.47 Å². The molecule has 4 rings (SSSR count). The minimum absolute atomic E-state index is 0.204. The van der Waals surface area contributed by atoms with Crippen molar-refractivity contribution >= 4 is 23.0 Å². The highest BCUT2D eigenvalue weighted by Crippen LogP contribution is 2.32. The molecule has 2 saturated heterocycles. The number of amides is 1. The van der Waals surface area contributed by atoms with Crippen molar-refractivity contribution in [2.75, 3.05) is 67.7 Å². The number of carbonyl (C=O) groups excluding carboxylic acids is 1. The fourth-order valence-corrected chi connectivity index (χ4v) is 3.39. The van der Waals surface area contributed by atoms with Crippen molar-refractivity contribution in [3.8, 4) is 0 Å². The minimum atomic E-state index is -0.204. The molecule has 142 valence electrons. The molecule has 2 fully saturated rings. The first kappa shape index (κ1) is 17.8. The van der Waals surface area contributed by atoms with E-state index >= 15 is 0 Å². The molecule has 0 spiro atoms. The number of anilines is 3. The predicted molar refractivity (Wildman–Crippen MR) is 105 cm³/mol. The zero-order valence-electron chi connectivity index (χ0n) is 15.3. The number of hydrogen-bond donors (Lipinski definition) is 1. The molecule has 1 amide bonds. The van der Waals surface area contributed by atoms with Crippen molar-refractivity contribution in [3.63, 3.8) is 0 Å². The number of nitrogens with one attached hydrogen (secondary N) is 1.